The molecule has 0 fully saturated rings. The van der Waals surface area contributed by atoms with E-state index in [1.54, 1.807) is 13.0 Å². The van der Waals surface area contributed by atoms with Crippen LogP contribution in [0.1, 0.15) is 12.5 Å². The minimum Gasteiger partial charge on any atom is -0.474 e. The maximum Gasteiger partial charge on any atom is 0.311 e. The van der Waals surface area contributed by atoms with Crippen molar-refractivity contribution in [3.05, 3.63) is 58.1 Å². The van der Waals surface area contributed by atoms with Crippen LogP contribution in [0, 0.1) is 17.0 Å². The van der Waals surface area contributed by atoms with E-state index < -0.39 is 27.0 Å². The van der Waals surface area contributed by atoms with Gasteiger partial charge in [0, 0.05) is 11.8 Å². The highest BCUT2D eigenvalue weighted by Crippen LogP contribution is 2.28. The highest BCUT2D eigenvalue weighted by atomic mass is 32.2. The molecule has 1 atom stereocenters. The Morgan fingerprint density at radius 3 is 2.58 bits per heavy atom. The molecule has 2 rings (SSSR count). The fraction of sp³-hybridized carbons (Fsp3) is 0.188. The monoisotopic (exact) mass is 379 g/mol. The fourth-order valence-electron chi connectivity index (χ4n) is 2.11. The molecule has 0 aliphatic heterocycles. The second kappa shape index (κ2) is 7.50. The third kappa shape index (κ3) is 4.77. The van der Waals surface area contributed by atoms with E-state index in [9.17, 15) is 23.3 Å². The van der Waals surface area contributed by atoms with Crippen molar-refractivity contribution in [2.75, 3.05) is 5.32 Å². The number of nitrogens with two attached hydrogens (primary N) is 1. The Morgan fingerprint density at radius 1 is 1.27 bits per heavy atom. The number of nitro benzene ring substituents is 1. The SMILES string of the molecule is Cc1ccc(OC(C)C(=O)Nc2cccc(S(N)(=O)=O)c2)c([N+](=O)[O-])c1. The van der Waals surface area contributed by atoms with Gasteiger partial charge in [-0.1, -0.05) is 12.1 Å². The van der Waals surface area contributed by atoms with Gasteiger partial charge in [-0.2, -0.15) is 0 Å². The first kappa shape index (κ1) is 19.3. The number of primary sulfonamides is 1. The van der Waals surface area contributed by atoms with Crippen LogP contribution in [-0.2, 0) is 14.8 Å². The maximum absolute atomic E-state index is 12.2. The summed E-state index contributed by atoms with van der Waals surface area (Å²) in [6.45, 7) is 3.12. The summed E-state index contributed by atoms with van der Waals surface area (Å²) in [5.41, 5.74) is 0.636. The Kier molecular flexibility index (Phi) is 5.58. The van der Waals surface area contributed by atoms with Crippen molar-refractivity contribution in [1.82, 2.24) is 0 Å². The number of hydrogen-bond donors (Lipinski definition) is 2. The molecule has 0 aliphatic carbocycles. The largest absolute Gasteiger partial charge is 0.474 e. The van der Waals surface area contributed by atoms with Gasteiger partial charge in [0.15, 0.2) is 11.9 Å². The molecule has 0 heterocycles. The van der Waals surface area contributed by atoms with E-state index in [1.165, 1.54) is 43.3 Å². The molecule has 9 nitrogen and oxygen atoms in total. The van der Waals surface area contributed by atoms with Crippen LogP contribution in [0.4, 0.5) is 11.4 Å². The molecule has 0 radical (unpaired) electrons. The van der Waals surface area contributed by atoms with Crippen molar-refractivity contribution >= 4 is 27.3 Å². The number of hydrogen-bond acceptors (Lipinski definition) is 6. The molecule has 0 aliphatic rings. The number of sulfonamides is 1. The molecule has 26 heavy (non-hydrogen) atoms. The summed E-state index contributed by atoms with van der Waals surface area (Å²) < 4.78 is 28.1. The Hall–Kier alpha value is -2.98. The van der Waals surface area contributed by atoms with Crippen molar-refractivity contribution in [2.24, 2.45) is 5.14 Å². The molecule has 2 aromatic rings. The number of amides is 1. The highest BCUT2D eigenvalue weighted by molar-refractivity contribution is 7.89. The highest BCUT2D eigenvalue weighted by Gasteiger charge is 2.21. The zero-order valence-electron chi connectivity index (χ0n) is 14.0. The summed E-state index contributed by atoms with van der Waals surface area (Å²) in [6.07, 6.45) is -1.06. The lowest BCUT2D eigenvalue weighted by atomic mass is 10.2. The summed E-state index contributed by atoms with van der Waals surface area (Å²) in [7, 11) is -3.91. The van der Waals surface area contributed by atoms with Gasteiger partial charge in [0.2, 0.25) is 10.0 Å². The van der Waals surface area contributed by atoms with Gasteiger partial charge >= 0.3 is 5.69 Å². The Bertz CT molecular complexity index is 958. The molecule has 138 valence electrons. The van der Waals surface area contributed by atoms with Gasteiger partial charge in [-0.3, -0.25) is 14.9 Å². The van der Waals surface area contributed by atoms with Gasteiger partial charge in [-0.15, -0.1) is 0 Å². The van der Waals surface area contributed by atoms with Crippen LogP contribution in [0.15, 0.2) is 47.4 Å². The molecule has 3 N–H and O–H groups in total. The normalized spacial score (nSPS) is 12.3. The number of carbonyl (C=O) groups excluding carboxylic acids is 1. The molecule has 0 spiro atoms. The third-order valence-electron chi connectivity index (χ3n) is 3.41. The summed E-state index contributed by atoms with van der Waals surface area (Å²) in [4.78, 5) is 22.6. The predicted octanol–water partition coefficient (Wildman–Crippen LogP) is 1.96. The predicted molar refractivity (Wildman–Crippen MR) is 94.4 cm³/mol. The lowest BCUT2D eigenvalue weighted by Crippen LogP contribution is -2.30. The Labute approximate surface area is 150 Å². The number of nitrogens with one attached hydrogen (secondary N) is 1. The third-order valence-corrected chi connectivity index (χ3v) is 4.33. The first-order valence-electron chi connectivity index (χ1n) is 7.43. The van der Waals surface area contributed by atoms with Gasteiger partial charge in [-0.05, 0) is 43.7 Å². The number of rotatable bonds is 6. The molecular weight excluding hydrogens is 362 g/mol. The first-order chi connectivity index (χ1) is 12.1. The van der Waals surface area contributed by atoms with Gasteiger partial charge in [0.1, 0.15) is 0 Å². The quantitative estimate of drug-likeness (QED) is 0.580. The molecule has 0 bridgehead atoms. The van der Waals surface area contributed by atoms with Crippen LogP contribution in [0.25, 0.3) is 0 Å². The van der Waals surface area contributed by atoms with Crippen molar-refractivity contribution in [2.45, 2.75) is 24.8 Å². The van der Waals surface area contributed by atoms with E-state index >= 15 is 0 Å². The zero-order chi connectivity index (χ0) is 19.5. The number of nitrogens with zero attached hydrogens (tertiary/aromatic N) is 1. The molecule has 1 amide bonds. The number of benzene rings is 2. The Balaban J connectivity index is 2.15. The van der Waals surface area contributed by atoms with Crippen LogP contribution >= 0.6 is 0 Å². The van der Waals surface area contributed by atoms with E-state index in [0.29, 0.717) is 5.56 Å². The summed E-state index contributed by atoms with van der Waals surface area (Å²) in [5, 5.41) is 18.6. The zero-order valence-corrected chi connectivity index (χ0v) is 14.8. The molecule has 0 saturated carbocycles. The smallest absolute Gasteiger partial charge is 0.311 e. The van der Waals surface area contributed by atoms with Gasteiger partial charge in [0.25, 0.3) is 5.91 Å². The minimum absolute atomic E-state index is 0.0402. The van der Waals surface area contributed by atoms with E-state index in [1.807, 2.05) is 0 Å². The van der Waals surface area contributed by atoms with Gasteiger partial charge in [0.05, 0.1) is 9.82 Å². The summed E-state index contributed by atoms with van der Waals surface area (Å²) in [6, 6.07) is 9.78. The lowest BCUT2D eigenvalue weighted by Gasteiger charge is -2.15. The fourth-order valence-corrected chi connectivity index (χ4v) is 2.67. The molecule has 1 unspecified atom stereocenters. The average molecular weight is 379 g/mol. The van der Waals surface area contributed by atoms with Gasteiger partial charge < -0.3 is 10.1 Å². The topological polar surface area (TPSA) is 142 Å². The van der Waals surface area contributed by atoms with Crippen molar-refractivity contribution in [3.63, 3.8) is 0 Å². The number of ether oxygens (including phenoxy) is 1. The second-order valence-corrected chi connectivity index (χ2v) is 7.11. The van der Waals surface area contributed by atoms with Crippen molar-refractivity contribution in [1.29, 1.82) is 0 Å². The van der Waals surface area contributed by atoms with Crippen LogP contribution in [0.2, 0.25) is 0 Å². The molecule has 2 aromatic carbocycles. The summed E-state index contributed by atoms with van der Waals surface area (Å²) >= 11 is 0. The number of anilines is 1. The van der Waals surface area contributed by atoms with E-state index in [2.05, 4.69) is 5.32 Å². The van der Waals surface area contributed by atoms with Crippen LogP contribution in [0.5, 0.6) is 5.75 Å². The van der Waals surface area contributed by atoms with Crippen LogP contribution in [0.3, 0.4) is 0 Å². The first-order valence-corrected chi connectivity index (χ1v) is 8.98. The van der Waals surface area contributed by atoms with Crippen LogP contribution in [-0.4, -0.2) is 25.4 Å². The lowest BCUT2D eigenvalue weighted by molar-refractivity contribution is -0.386. The van der Waals surface area contributed by atoms with E-state index in [-0.39, 0.29) is 22.0 Å². The van der Waals surface area contributed by atoms with E-state index in [4.69, 9.17) is 9.88 Å². The Morgan fingerprint density at radius 2 is 1.96 bits per heavy atom. The number of carbonyl (C=O) groups is 1. The minimum atomic E-state index is -3.91. The second-order valence-electron chi connectivity index (χ2n) is 5.55. The molecule has 0 aromatic heterocycles. The van der Waals surface area contributed by atoms with Gasteiger partial charge in [-0.25, -0.2) is 13.6 Å². The van der Waals surface area contributed by atoms with Crippen molar-refractivity contribution < 1.29 is 22.9 Å². The molecule has 10 heteroatoms. The molecule has 0 saturated heterocycles. The number of aryl methyl sites for hydroxylation is 1. The number of nitro groups is 1. The van der Waals surface area contributed by atoms with E-state index in [0.717, 1.165) is 0 Å². The average Bonchev–Trinajstić information content (AvgIpc) is 2.55. The van der Waals surface area contributed by atoms with Crippen LogP contribution < -0.4 is 15.2 Å². The van der Waals surface area contributed by atoms with Crippen molar-refractivity contribution in [3.8, 4) is 5.75 Å². The summed E-state index contributed by atoms with van der Waals surface area (Å²) in [5.74, 6) is -0.645. The standard InChI is InChI=1S/C16H17N3O6S/c1-10-6-7-15(14(8-10)19(21)22)25-11(2)16(20)18-12-4-3-5-13(9-12)26(17,23)24/h3-9,11H,1-2H3,(H,18,20)(H2,17,23,24). The molecular formula is C16H17N3O6S. The maximum atomic E-state index is 12.2.